The molecule has 1 atom stereocenters. The number of anilines is 1. The lowest BCUT2D eigenvalue weighted by Crippen LogP contribution is -2.48. The number of rotatable bonds is 10. The number of carbonyl (C=O) groups excluding carboxylic acids is 3. The zero-order valence-electron chi connectivity index (χ0n) is 27.2. The molecule has 0 radical (unpaired) electrons. The van der Waals surface area contributed by atoms with Crippen molar-refractivity contribution < 1.29 is 14.4 Å². The summed E-state index contributed by atoms with van der Waals surface area (Å²) < 4.78 is 0. The number of hydrogen-bond acceptors (Lipinski definition) is 7. The van der Waals surface area contributed by atoms with Crippen LogP contribution >= 0.6 is 12.4 Å². The van der Waals surface area contributed by atoms with Crippen molar-refractivity contribution in [3.05, 3.63) is 82.9 Å². The molecule has 0 bridgehead atoms. The smallest absolute Gasteiger partial charge is 0.253 e. The van der Waals surface area contributed by atoms with Gasteiger partial charge in [-0.15, -0.1) is 22.6 Å². The van der Waals surface area contributed by atoms with Gasteiger partial charge in [-0.3, -0.25) is 14.4 Å². The van der Waals surface area contributed by atoms with Crippen LogP contribution in [0.15, 0.2) is 60.7 Å². The van der Waals surface area contributed by atoms with Gasteiger partial charge >= 0.3 is 0 Å². The Kier molecular flexibility index (Phi) is 11.8. The van der Waals surface area contributed by atoms with E-state index >= 15 is 0 Å². The molecule has 3 amide bonds. The molecule has 5 rings (SSSR count). The van der Waals surface area contributed by atoms with Crippen LogP contribution < -0.4 is 16.4 Å². The van der Waals surface area contributed by atoms with E-state index in [0.717, 1.165) is 59.1 Å². The summed E-state index contributed by atoms with van der Waals surface area (Å²) in [4.78, 5) is 41.4. The largest absolute Gasteiger partial charge is 0.345 e. The van der Waals surface area contributed by atoms with Gasteiger partial charge in [-0.05, 0) is 115 Å². The number of aryl methyl sites for hydroxylation is 2. The number of nitrogens with zero attached hydrogens (tertiary/aromatic N) is 4. The molecule has 248 valence electrons. The first-order valence-electron chi connectivity index (χ1n) is 15.7. The van der Waals surface area contributed by atoms with Gasteiger partial charge in [-0.25, -0.2) is 0 Å². The number of amides is 3. The van der Waals surface area contributed by atoms with E-state index in [1.54, 1.807) is 43.3 Å². The summed E-state index contributed by atoms with van der Waals surface area (Å²) >= 11 is 0. The molecule has 1 fully saturated rings. The maximum Gasteiger partial charge on any atom is 0.253 e. The lowest BCUT2D eigenvalue weighted by Gasteiger charge is -2.28. The maximum absolute atomic E-state index is 13.7. The molecule has 1 aliphatic carbocycles. The van der Waals surface area contributed by atoms with E-state index in [9.17, 15) is 14.4 Å². The normalized spacial score (nSPS) is 16.4. The third-order valence-electron chi connectivity index (χ3n) is 8.85. The highest BCUT2D eigenvalue weighted by molar-refractivity contribution is 5.98. The highest BCUT2D eigenvalue weighted by atomic mass is 35.5. The van der Waals surface area contributed by atoms with Gasteiger partial charge in [0.05, 0.1) is 0 Å². The fourth-order valence-corrected chi connectivity index (χ4v) is 6.07. The van der Waals surface area contributed by atoms with Crippen LogP contribution in [0.4, 0.5) is 5.69 Å². The number of carbonyl (C=O) groups is 3. The summed E-state index contributed by atoms with van der Waals surface area (Å²) in [6.45, 7) is 4.62. The second-order valence-corrected chi connectivity index (χ2v) is 12.4. The molecule has 0 saturated heterocycles. The van der Waals surface area contributed by atoms with Crippen molar-refractivity contribution >= 4 is 35.8 Å². The predicted octanol–water partition coefficient (Wildman–Crippen LogP) is 4.71. The van der Waals surface area contributed by atoms with Crippen molar-refractivity contribution in [2.45, 2.75) is 52.0 Å². The minimum atomic E-state index is -0.784. The highest BCUT2D eigenvalue weighted by Crippen LogP contribution is 2.30. The molecule has 0 spiro atoms. The third kappa shape index (κ3) is 8.60. The number of H-pyrrole nitrogens is 1. The number of benzene rings is 3. The number of nitrogens with two attached hydrogens (primary N) is 1. The Labute approximate surface area is 281 Å². The molecule has 0 aliphatic heterocycles. The van der Waals surface area contributed by atoms with Gasteiger partial charge in [-0.1, -0.05) is 30.3 Å². The standard InChI is InChI=1S/C35H42N8O3.ClH/c1-21-17-22(2)30(35(46)43(3)4)19-29(21)25-9-5-23(6-10-25)18-31(38-33(44)27-11-7-24(20-36)8-12-27)34(45)37-28-15-13-26(14-16-28)32-39-41-42-40-32;/h5-6,9-10,13-17,19,24,27,31H,7-8,11-12,18,20,36H2,1-4H3,(H,37,45)(H,38,44)(H,39,40,41,42);1H/t24?,27?,31-;/m0./s1. The first-order chi connectivity index (χ1) is 22.1. The van der Waals surface area contributed by atoms with Crippen LogP contribution in [0.25, 0.3) is 22.5 Å². The molecule has 4 aromatic rings. The highest BCUT2D eigenvalue weighted by Gasteiger charge is 2.29. The summed E-state index contributed by atoms with van der Waals surface area (Å²) in [5.41, 5.74) is 12.7. The first-order valence-corrected chi connectivity index (χ1v) is 15.7. The van der Waals surface area contributed by atoms with Crippen LogP contribution in [0.5, 0.6) is 0 Å². The van der Waals surface area contributed by atoms with Gasteiger partial charge in [-0.2, -0.15) is 5.21 Å². The SMILES string of the molecule is Cc1cc(C)c(-c2ccc(C[C@H](NC(=O)C3CCC(CN)CC3)C(=O)Nc3ccc(-c4nn[nH]n4)cc3)cc2)cc1C(=O)N(C)C.Cl. The van der Waals surface area contributed by atoms with Crippen LogP contribution in [0.3, 0.4) is 0 Å². The van der Waals surface area contributed by atoms with E-state index in [2.05, 4.69) is 31.3 Å². The first kappa shape index (κ1) is 35.2. The molecule has 1 heterocycles. The molecule has 5 N–H and O–H groups in total. The molecule has 1 saturated carbocycles. The van der Waals surface area contributed by atoms with E-state index in [1.807, 2.05) is 50.2 Å². The monoisotopic (exact) mass is 658 g/mol. The average Bonchev–Trinajstić information content (AvgIpc) is 3.60. The number of halogens is 1. The summed E-state index contributed by atoms with van der Waals surface area (Å²) in [5.74, 6) is 0.317. The predicted molar refractivity (Wildman–Crippen MR) is 185 cm³/mol. The molecule has 47 heavy (non-hydrogen) atoms. The van der Waals surface area contributed by atoms with Crippen LogP contribution in [0.2, 0.25) is 0 Å². The molecule has 0 unspecified atom stereocenters. The van der Waals surface area contributed by atoms with Crippen molar-refractivity contribution in [2.75, 3.05) is 26.0 Å². The third-order valence-corrected chi connectivity index (χ3v) is 8.85. The topological polar surface area (TPSA) is 159 Å². The number of nitrogens with one attached hydrogen (secondary N) is 3. The molecular formula is C35H43ClN8O3. The molecule has 1 aromatic heterocycles. The Morgan fingerprint density at radius 3 is 2.19 bits per heavy atom. The fraction of sp³-hybridized carbons (Fsp3) is 0.371. The number of aromatic nitrogens is 4. The molecule has 12 heteroatoms. The summed E-state index contributed by atoms with van der Waals surface area (Å²) in [7, 11) is 3.50. The summed E-state index contributed by atoms with van der Waals surface area (Å²) in [6, 6.07) is 18.3. The van der Waals surface area contributed by atoms with E-state index < -0.39 is 6.04 Å². The van der Waals surface area contributed by atoms with Gasteiger partial charge in [0, 0.05) is 43.2 Å². The van der Waals surface area contributed by atoms with Crippen molar-refractivity contribution in [2.24, 2.45) is 17.6 Å². The Hall–Kier alpha value is -4.61. The van der Waals surface area contributed by atoms with Crippen molar-refractivity contribution in [3.63, 3.8) is 0 Å². The van der Waals surface area contributed by atoms with Crippen LogP contribution in [0.1, 0.15) is 52.7 Å². The minimum absolute atomic E-state index is 0. The van der Waals surface area contributed by atoms with Crippen LogP contribution in [0, 0.1) is 25.7 Å². The quantitative estimate of drug-likeness (QED) is 0.192. The lowest BCUT2D eigenvalue weighted by molar-refractivity contribution is -0.130. The van der Waals surface area contributed by atoms with Crippen LogP contribution in [-0.4, -0.2) is 69.9 Å². The van der Waals surface area contributed by atoms with E-state index in [-0.39, 0.29) is 36.0 Å². The van der Waals surface area contributed by atoms with Gasteiger partial charge in [0.25, 0.3) is 5.91 Å². The Bertz CT molecular complexity index is 1670. The lowest BCUT2D eigenvalue weighted by atomic mass is 9.81. The minimum Gasteiger partial charge on any atom is -0.345 e. The van der Waals surface area contributed by atoms with Gasteiger partial charge in [0.15, 0.2) is 0 Å². The second-order valence-electron chi connectivity index (χ2n) is 12.4. The number of tetrazole rings is 1. The number of aromatic amines is 1. The zero-order valence-corrected chi connectivity index (χ0v) is 28.1. The Morgan fingerprint density at radius 2 is 1.60 bits per heavy atom. The van der Waals surface area contributed by atoms with E-state index in [1.165, 1.54) is 0 Å². The van der Waals surface area contributed by atoms with Gasteiger partial charge < -0.3 is 21.3 Å². The van der Waals surface area contributed by atoms with Gasteiger partial charge in [0.1, 0.15) is 6.04 Å². The average molecular weight is 659 g/mol. The second kappa shape index (κ2) is 15.8. The molecule has 1 aliphatic rings. The summed E-state index contributed by atoms with van der Waals surface area (Å²) in [5, 5.41) is 20.0. The van der Waals surface area contributed by atoms with Crippen molar-refractivity contribution in [3.8, 4) is 22.5 Å². The Balaban J connectivity index is 0.00000500. The molecule has 3 aromatic carbocycles. The molecular weight excluding hydrogens is 616 g/mol. The maximum atomic E-state index is 13.7. The van der Waals surface area contributed by atoms with Crippen LogP contribution in [-0.2, 0) is 16.0 Å². The van der Waals surface area contributed by atoms with Crippen molar-refractivity contribution in [1.82, 2.24) is 30.8 Å². The molecule has 11 nitrogen and oxygen atoms in total. The van der Waals surface area contributed by atoms with Crippen molar-refractivity contribution in [1.29, 1.82) is 0 Å². The number of hydrogen-bond donors (Lipinski definition) is 4. The Morgan fingerprint density at radius 1 is 0.936 bits per heavy atom. The van der Waals surface area contributed by atoms with Gasteiger partial charge in [0.2, 0.25) is 17.6 Å². The summed E-state index contributed by atoms with van der Waals surface area (Å²) in [6.07, 6.45) is 3.68. The zero-order chi connectivity index (χ0) is 32.8. The van der Waals surface area contributed by atoms with E-state index in [4.69, 9.17) is 5.73 Å². The van der Waals surface area contributed by atoms with E-state index in [0.29, 0.717) is 36.0 Å². The fourth-order valence-electron chi connectivity index (χ4n) is 6.07.